The molecule has 1 atom stereocenters. The van der Waals surface area contributed by atoms with Crippen molar-refractivity contribution >= 4 is 38.9 Å². The Hall–Kier alpha value is -2.25. The lowest BCUT2D eigenvalue weighted by atomic mass is 10.0. The molecule has 6 nitrogen and oxygen atoms in total. The Morgan fingerprint density at radius 3 is 2.57 bits per heavy atom. The Labute approximate surface area is 171 Å². The summed E-state index contributed by atoms with van der Waals surface area (Å²) in [6.45, 7) is 4.08. The number of benzene rings is 2. The quantitative estimate of drug-likeness (QED) is 0.598. The van der Waals surface area contributed by atoms with Crippen LogP contribution in [0.4, 0.5) is 11.4 Å². The van der Waals surface area contributed by atoms with E-state index in [1.165, 1.54) is 19.2 Å². The van der Waals surface area contributed by atoms with Crippen LogP contribution in [0.1, 0.15) is 33.1 Å². The fraction of sp³-hybridized carbons (Fsp3) is 0.350. The first-order chi connectivity index (χ1) is 13.3. The highest BCUT2D eigenvalue weighted by molar-refractivity contribution is 7.92. The summed E-state index contributed by atoms with van der Waals surface area (Å²) in [6, 6.07) is 11.0. The standard InChI is InChI=1S/C20H25ClN2O4S/c1-4-7-14(2)12-20(24)22-15-10-11-18(27-3)19(13-15)28(25,26)23-17-9-6-5-8-16(17)21/h5-6,8-11,13-14,23H,4,7,12H2,1-3H3,(H,22,24). The van der Waals surface area contributed by atoms with Crippen molar-refractivity contribution in [2.45, 2.75) is 38.0 Å². The maximum Gasteiger partial charge on any atom is 0.265 e. The van der Waals surface area contributed by atoms with Gasteiger partial charge in [0.15, 0.2) is 0 Å². The minimum atomic E-state index is -3.98. The third-order valence-corrected chi connectivity index (χ3v) is 5.89. The van der Waals surface area contributed by atoms with Crippen molar-refractivity contribution in [3.8, 4) is 5.75 Å². The summed E-state index contributed by atoms with van der Waals surface area (Å²) in [4.78, 5) is 12.1. The number of para-hydroxylation sites is 1. The molecule has 0 aliphatic heterocycles. The second-order valence-electron chi connectivity index (χ2n) is 6.60. The van der Waals surface area contributed by atoms with Crippen LogP contribution >= 0.6 is 11.6 Å². The monoisotopic (exact) mass is 424 g/mol. The van der Waals surface area contributed by atoms with Gasteiger partial charge in [-0.2, -0.15) is 0 Å². The molecule has 0 saturated heterocycles. The molecule has 0 aromatic heterocycles. The summed E-state index contributed by atoms with van der Waals surface area (Å²) < 4.78 is 33.4. The molecule has 0 saturated carbocycles. The maximum absolute atomic E-state index is 12.9. The molecule has 28 heavy (non-hydrogen) atoms. The third-order valence-electron chi connectivity index (χ3n) is 4.17. The number of carbonyl (C=O) groups is 1. The molecular weight excluding hydrogens is 400 g/mol. The van der Waals surface area contributed by atoms with Crippen LogP contribution in [0.15, 0.2) is 47.4 Å². The molecule has 0 bridgehead atoms. The van der Waals surface area contributed by atoms with Crippen LogP contribution in [0.3, 0.4) is 0 Å². The molecule has 152 valence electrons. The van der Waals surface area contributed by atoms with Crippen molar-refractivity contribution in [3.63, 3.8) is 0 Å². The third kappa shape index (κ3) is 5.87. The van der Waals surface area contributed by atoms with E-state index in [2.05, 4.69) is 17.0 Å². The second-order valence-corrected chi connectivity index (χ2v) is 8.66. The lowest BCUT2D eigenvalue weighted by Crippen LogP contribution is -2.17. The number of hydrogen-bond acceptors (Lipinski definition) is 4. The number of methoxy groups -OCH3 is 1. The molecule has 0 aliphatic carbocycles. The van der Waals surface area contributed by atoms with E-state index in [1.54, 1.807) is 30.3 Å². The smallest absolute Gasteiger partial charge is 0.265 e. The zero-order chi connectivity index (χ0) is 20.7. The van der Waals surface area contributed by atoms with Gasteiger partial charge in [0.05, 0.1) is 17.8 Å². The fourth-order valence-electron chi connectivity index (χ4n) is 2.83. The number of nitrogens with one attached hydrogen (secondary N) is 2. The van der Waals surface area contributed by atoms with Crippen LogP contribution in [0.2, 0.25) is 5.02 Å². The number of carbonyl (C=O) groups excluding carboxylic acids is 1. The first-order valence-electron chi connectivity index (χ1n) is 9.02. The van der Waals surface area contributed by atoms with Crippen molar-refractivity contribution < 1.29 is 17.9 Å². The van der Waals surface area contributed by atoms with Crippen LogP contribution in [-0.2, 0) is 14.8 Å². The summed E-state index contributed by atoms with van der Waals surface area (Å²) in [6.07, 6.45) is 2.34. The number of ether oxygens (including phenoxy) is 1. The molecule has 1 unspecified atom stereocenters. The number of anilines is 2. The van der Waals surface area contributed by atoms with Gasteiger partial charge in [0.1, 0.15) is 10.6 Å². The lowest BCUT2D eigenvalue weighted by molar-refractivity contribution is -0.117. The average Bonchev–Trinajstić information content (AvgIpc) is 2.63. The van der Waals surface area contributed by atoms with E-state index in [4.69, 9.17) is 16.3 Å². The van der Waals surface area contributed by atoms with Crippen LogP contribution in [0.25, 0.3) is 0 Å². The highest BCUT2D eigenvalue weighted by Gasteiger charge is 2.22. The summed E-state index contributed by atoms with van der Waals surface area (Å²) in [5.74, 6) is 0.263. The molecule has 8 heteroatoms. The lowest BCUT2D eigenvalue weighted by Gasteiger charge is -2.15. The predicted molar refractivity (Wildman–Crippen MR) is 113 cm³/mol. The Bertz CT molecular complexity index is 932. The molecular formula is C20H25ClN2O4S. The van der Waals surface area contributed by atoms with Gasteiger partial charge in [-0.3, -0.25) is 9.52 Å². The maximum atomic E-state index is 12.9. The summed E-state index contributed by atoms with van der Waals surface area (Å²) in [5.41, 5.74) is 0.642. The Kier molecular flexibility index (Phi) is 7.71. The zero-order valence-electron chi connectivity index (χ0n) is 16.2. The molecule has 0 spiro atoms. The zero-order valence-corrected chi connectivity index (χ0v) is 17.7. The van der Waals surface area contributed by atoms with Gasteiger partial charge >= 0.3 is 0 Å². The van der Waals surface area contributed by atoms with E-state index in [9.17, 15) is 13.2 Å². The number of sulfonamides is 1. The van der Waals surface area contributed by atoms with E-state index in [0.29, 0.717) is 12.1 Å². The van der Waals surface area contributed by atoms with Gasteiger partial charge in [-0.05, 0) is 36.2 Å². The normalized spacial score (nSPS) is 12.3. The van der Waals surface area contributed by atoms with Crippen LogP contribution in [-0.4, -0.2) is 21.4 Å². The molecule has 0 radical (unpaired) electrons. The molecule has 2 aromatic carbocycles. The Morgan fingerprint density at radius 2 is 1.93 bits per heavy atom. The minimum absolute atomic E-state index is 0.0886. The second kappa shape index (κ2) is 9.80. The van der Waals surface area contributed by atoms with E-state index >= 15 is 0 Å². The molecule has 2 N–H and O–H groups in total. The van der Waals surface area contributed by atoms with Crippen molar-refractivity contribution in [2.24, 2.45) is 5.92 Å². The van der Waals surface area contributed by atoms with E-state index in [1.807, 2.05) is 6.92 Å². The number of hydrogen-bond donors (Lipinski definition) is 2. The molecule has 0 fully saturated rings. The Balaban J connectivity index is 2.27. The van der Waals surface area contributed by atoms with Gasteiger partial charge in [-0.15, -0.1) is 0 Å². The molecule has 0 heterocycles. The van der Waals surface area contributed by atoms with E-state index < -0.39 is 10.0 Å². The molecule has 2 rings (SSSR count). The first kappa shape index (κ1) is 22.0. The van der Waals surface area contributed by atoms with Gasteiger partial charge in [-0.1, -0.05) is 50.4 Å². The van der Waals surface area contributed by atoms with Gasteiger partial charge in [0.25, 0.3) is 10.0 Å². The van der Waals surface area contributed by atoms with Gasteiger partial charge in [0, 0.05) is 12.1 Å². The summed E-state index contributed by atoms with van der Waals surface area (Å²) >= 11 is 6.05. The molecule has 0 aliphatic rings. The largest absolute Gasteiger partial charge is 0.495 e. The Morgan fingerprint density at radius 1 is 1.21 bits per heavy atom. The van der Waals surface area contributed by atoms with Gasteiger partial charge in [0.2, 0.25) is 5.91 Å². The summed E-state index contributed by atoms with van der Waals surface area (Å²) in [7, 11) is -2.60. The van der Waals surface area contributed by atoms with E-state index in [-0.39, 0.29) is 33.2 Å². The topological polar surface area (TPSA) is 84.5 Å². The van der Waals surface area contributed by atoms with Crippen molar-refractivity contribution in [1.29, 1.82) is 0 Å². The SMILES string of the molecule is CCCC(C)CC(=O)Nc1ccc(OC)c(S(=O)(=O)Nc2ccccc2Cl)c1. The average molecular weight is 425 g/mol. The number of rotatable bonds is 9. The molecule has 2 aromatic rings. The predicted octanol–water partition coefficient (Wildman–Crippen LogP) is 4.91. The van der Waals surface area contributed by atoms with Crippen molar-refractivity contribution in [2.75, 3.05) is 17.1 Å². The summed E-state index contributed by atoms with van der Waals surface area (Å²) in [5, 5.41) is 3.03. The van der Waals surface area contributed by atoms with Crippen LogP contribution in [0, 0.1) is 5.92 Å². The van der Waals surface area contributed by atoms with Gasteiger partial charge < -0.3 is 10.1 Å². The van der Waals surface area contributed by atoms with E-state index in [0.717, 1.165) is 12.8 Å². The number of amides is 1. The van der Waals surface area contributed by atoms with Crippen molar-refractivity contribution in [1.82, 2.24) is 0 Å². The van der Waals surface area contributed by atoms with Gasteiger partial charge in [-0.25, -0.2) is 8.42 Å². The highest BCUT2D eigenvalue weighted by Crippen LogP contribution is 2.31. The van der Waals surface area contributed by atoms with Crippen molar-refractivity contribution in [3.05, 3.63) is 47.5 Å². The number of halogens is 1. The fourth-order valence-corrected chi connectivity index (χ4v) is 4.35. The van der Waals surface area contributed by atoms with Crippen LogP contribution in [0.5, 0.6) is 5.75 Å². The van der Waals surface area contributed by atoms with Crippen LogP contribution < -0.4 is 14.8 Å². The highest BCUT2D eigenvalue weighted by atomic mass is 35.5. The first-order valence-corrected chi connectivity index (χ1v) is 10.9. The minimum Gasteiger partial charge on any atom is -0.495 e. The molecule has 1 amide bonds.